The number of halogens is 2. The van der Waals surface area contributed by atoms with Gasteiger partial charge in [-0.1, -0.05) is 22.0 Å². The number of nitrogens with one attached hydrogen (secondary N) is 1. The highest BCUT2D eigenvalue weighted by atomic mass is 79.9. The average molecular weight is 493 g/mol. The minimum Gasteiger partial charge on any atom is -0.454 e. The number of hydrogen-bond donors (Lipinski definition) is 1. The molecular weight excluding hydrogens is 479 g/mol. The van der Waals surface area contributed by atoms with E-state index in [4.69, 9.17) is 9.47 Å². The first-order valence-electron chi connectivity index (χ1n) is 8.80. The van der Waals surface area contributed by atoms with Crippen LogP contribution in [0.3, 0.4) is 0 Å². The molecule has 2 aromatic carbocycles. The molecule has 0 unspecified atom stereocenters. The lowest BCUT2D eigenvalue weighted by Crippen LogP contribution is -2.37. The molecule has 2 aliphatic rings. The van der Waals surface area contributed by atoms with Gasteiger partial charge in [0.25, 0.3) is 17.1 Å². The van der Waals surface area contributed by atoms with Crippen molar-refractivity contribution in [1.82, 2.24) is 10.2 Å². The SMILES string of the molecule is O=C(NCCN1C(=O)S/C(=C\c2ccc3c(c2)OCO3)C1=O)c1ccc(Br)cc1F. The number of thioether (sulfide) groups is 1. The Morgan fingerprint density at radius 1 is 1.20 bits per heavy atom. The number of carbonyl (C=O) groups is 3. The standard InChI is InChI=1S/C20H14BrFN2O5S/c21-12-2-3-13(14(22)9-12)18(25)23-5-6-24-19(26)17(30-20(24)27)8-11-1-4-15-16(7-11)29-10-28-15/h1-4,7-9H,5-6,10H2,(H,23,25)/b17-8-. The van der Waals surface area contributed by atoms with Gasteiger partial charge in [0.1, 0.15) is 5.82 Å². The first kappa shape index (κ1) is 20.4. The Morgan fingerprint density at radius 2 is 2.00 bits per heavy atom. The quantitative estimate of drug-likeness (QED) is 0.639. The molecule has 0 aromatic heterocycles. The molecule has 0 aliphatic carbocycles. The third kappa shape index (κ3) is 4.19. The number of rotatable bonds is 5. The zero-order valence-electron chi connectivity index (χ0n) is 15.3. The number of imide groups is 1. The van der Waals surface area contributed by atoms with Gasteiger partial charge in [0.2, 0.25) is 6.79 Å². The third-order valence-electron chi connectivity index (χ3n) is 4.36. The molecule has 10 heteroatoms. The molecule has 1 saturated heterocycles. The highest BCUT2D eigenvalue weighted by Gasteiger charge is 2.34. The van der Waals surface area contributed by atoms with Crippen molar-refractivity contribution in [2.24, 2.45) is 0 Å². The third-order valence-corrected chi connectivity index (χ3v) is 5.77. The van der Waals surface area contributed by atoms with E-state index in [1.807, 2.05) is 0 Å². The lowest BCUT2D eigenvalue weighted by atomic mass is 10.2. The Balaban J connectivity index is 1.38. The second-order valence-corrected chi connectivity index (χ2v) is 8.23. The molecule has 0 radical (unpaired) electrons. The van der Waals surface area contributed by atoms with Crippen LogP contribution >= 0.6 is 27.7 Å². The summed E-state index contributed by atoms with van der Waals surface area (Å²) in [5.74, 6) is -0.543. The van der Waals surface area contributed by atoms with Crippen LogP contribution in [0.1, 0.15) is 15.9 Å². The first-order chi connectivity index (χ1) is 14.4. The van der Waals surface area contributed by atoms with Gasteiger partial charge in [0, 0.05) is 17.6 Å². The summed E-state index contributed by atoms with van der Waals surface area (Å²) >= 11 is 3.94. The van der Waals surface area contributed by atoms with E-state index in [9.17, 15) is 18.8 Å². The maximum Gasteiger partial charge on any atom is 0.293 e. The van der Waals surface area contributed by atoms with Crippen LogP contribution in [0.5, 0.6) is 11.5 Å². The summed E-state index contributed by atoms with van der Waals surface area (Å²) < 4.78 is 24.9. The molecule has 2 heterocycles. The predicted octanol–water partition coefficient (Wildman–Crippen LogP) is 3.78. The van der Waals surface area contributed by atoms with Crippen molar-refractivity contribution < 1.29 is 28.2 Å². The fourth-order valence-corrected chi connectivity index (χ4v) is 4.10. The van der Waals surface area contributed by atoms with Gasteiger partial charge in [-0.05, 0) is 53.7 Å². The number of fused-ring (bicyclic) bond motifs is 1. The Labute approximate surface area is 183 Å². The average Bonchev–Trinajstić information content (AvgIpc) is 3.27. The molecule has 0 saturated carbocycles. The Bertz CT molecular complexity index is 1090. The van der Waals surface area contributed by atoms with Crippen molar-refractivity contribution in [2.75, 3.05) is 19.9 Å². The molecule has 1 fully saturated rings. The topological polar surface area (TPSA) is 84.9 Å². The molecule has 3 amide bonds. The summed E-state index contributed by atoms with van der Waals surface area (Å²) in [5.41, 5.74) is 0.582. The molecule has 4 rings (SSSR count). The summed E-state index contributed by atoms with van der Waals surface area (Å²) in [6, 6.07) is 9.30. The van der Waals surface area contributed by atoms with E-state index in [2.05, 4.69) is 21.2 Å². The van der Waals surface area contributed by atoms with Gasteiger partial charge in [-0.25, -0.2) is 4.39 Å². The van der Waals surface area contributed by atoms with E-state index in [1.165, 1.54) is 12.1 Å². The Hall–Kier alpha value is -2.85. The van der Waals surface area contributed by atoms with E-state index >= 15 is 0 Å². The Kier molecular flexibility index (Phi) is 5.78. The van der Waals surface area contributed by atoms with Gasteiger partial charge in [0.15, 0.2) is 11.5 Å². The normalized spacial score (nSPS) is 16.5. The summed E-state index contributed by atoms with van der Waals surface area (Å²) in [7, 11) is 0. The molecule has 7 nitrogen and oxygen atoms in total. The number of carbonyl (C=O) groups excluding carboxylic acids is 3. The van der Waals surface area contributed by atoms with Crippen LogP contribution in [0.25, 0.3) is 6.08 Å². The molecule has 2 aliphatic heterocycles. The number of hydrogen-bond acceptors (Lipinski definition) is 6. The smallest absolute Gasteiger partial charge is 0.293 e. The molecule has 0 spiro atoms. The molecule has 0 bridgehead atoms. The van der Waals surface area contributed by atoms with Crippen LogP contribution in [-0.4, -0.2) is 41.8 Å². The lowest BCUT2D eigenvalue weighted by molar-refractivity contribution is -0.122. The van der Waals surface area contributed by atoms with Crippen LogP contribution < -0.4 is 14.8 Å². The van der Waals surface area contributed by atoms with Gasteiger partial charge in [-0.15, -0.1) is 0 Å². The summed E-state index contributed by atoms with van der Waals surface area (Å²) in [6.07, 6.45) is 1.60. The van der Waals surface area contributed by atoms with E-state index in [0.717, 1.165) is 16.7 Å². The van der Waals surface area contributed by atoms with E-state index in [-0.39, 0.29) is 30.4 Å². The number of amides is 3. The first-order valence-corrected chi connectivity index (χ1v) is 10.4. The second kappa shape index (κ2) is 8.49. The van der Waals surface area contributed by atoms with Crippen LogP contribution in [-0.2, 0) is 4.79 Å². The van der Waals surface area contributed by atoms with E-state index in [0.29, 0.717) is 21.5 Å². The minimum atomic E-state index is -0.667. The number of benzene rings is 2. The van der Waals surface area contributed by atoms with Gasteiger partial charge >= 0.3 is 0 Å². The zero-order chi connectivity index (χ0) is 21.3. The van der Waals surface area contributed by atoms with Crippen molar-refractivity contribution >= 4 is 50.8 Å². The second-order valence-electron chi connectivity index (χ2n) is 6.33. The molecule has 30 heavy (non-hydrogen) atoms. The van der Waals surface area contributed by atoms with Gasteiger partial charge in [-0.3, -0.25) is 19.3 Å². The van der Waals surface area contributed by atoms with Crippen molar-refractivity contribution in [3.63, 3.8) is 0 Å². The summed E-state index contributed by atoms with van der Waals surface area (Å²) in [6.45, 7) is 0.127. The molecule has 2 aromatic rings. The highest BCUT2D eigenvalue weighted by Crippen LogP contribution is 2.36. The fraction of sp³-hybridized carbons (Fsp3) is 0.150. The fourth-order valence-electron chi connectivity index (χ4n) is 2.90. The van der Waals surface area contributed by atoms with E-state index in [1.54, 1.807) is 30.3 Å². The Morgan fingerprint density at radius 3 is 2.80 bits per heavy atom. The van der Waals surface area contributed by atoms with Gasteiger partial charge < -0.3 is 14.8 Å². The largest absolute Gasteiger partial charge is 0.454 e. The highest BCUT2D eigenvalue weighted by molar-refractivity contribution is 9.10. The lowest BCUT2D eigenvalue weighted by Gasteiger charge is -2.13. The van der Waals surface area contributed by atoms with Crippen LogP contribution in [0, 0.1) is 5.82 Å². The summed E-state index contributed by atoms with van der Waals surface area (Å²) in [4.78, 5) is 38.2. The van der Waals surface area contributed by atoms with E-state index < -0.39 is 22.9 Å². The summed E-state index contributed by atoms with van der Waals surface area (Å²) in [5, 5.41) is 2.09. The molecule has 1 N–H and O–H groups in total. The maximum absolute atomic E-state index is 13.9. The maximum atomic E-state index is 13.9. The zero-order valence-corrected chi connectivity index (χ0v) is 17.7. The van der Waals surface area contributed by atoms with Crippen molar-refractivity contribution in [2.45, 2.75) is 0 Å². The monoisotopic (exact) mass is 492 g/mol. The van der Waals surface area contributed by atoms with Crippen molar-refractivity contribution in [3.05, 3.63) is 62.7 Å². The number of ether oxygens (including phenoxy) is 2. The molecule has 0 atom stereocenters. The van der Waals surface area contributed by atoms with Crippen molar-refractivity contribution in [1.29, 1.82) is 0 Å². The van der Waals surface area contributed by atoms with Crippen LogP contribution in [0.15, 0.2) is 45.8 Å². The molecule has 154 valence electrons. The van der Waals surface area contributed by atoms with Gasteiger partial charge in [0.05, 0.1) is 10.5 Å². The van der Waals surface area contributed by atoms with Gasteiger partial charge in [-0.2, -0.15) is 0 Å². The van der Waals surface area contributed by atoms with Crippen LogP contribution in [0.4, 0.5) is 9.18 Å². The van der Waals surface area contributed by atoms with Crippen LogP contribution in [0.2, 0.25) is 0 Å². The minimum absolute atomic E-state index is 0.00365. The predicted molar refractivity (Wildman–Crippen MR) is 112 cm³/mol. The van der Waals surface area contributed by atoms with Crippen molar-refractivity contribution in [3.8, 4) is 11.5 Å². The number of nitrogens with zero attached hydrogens (tertiary/aromatic N) is 1. The molecular formula is C20H14BrFN2O5S.